The first kappa shape index (κ1) is 16.3. The minimum Gasteiger partial charge on any atom is -0.507 e. The van der Waals surface area contributed by atoms with Crippen molar-refractivity contribution in [3.05, 3.63) is 59.7 Å². The van der Waals surface area contributed by atoms with Crippen LogP contribution in [0.2, 0.25) is 0 Å². The average molecular weight is 327 g/mol. The molecule has 126 valence electrons. The molecule has 1 aliphatic heterocycles. The summed E-state index contributed by atoms with van der Waals surface area (Å²) >= 11 is 0. The van der Waals surface area contributed by atoms with E-state index in [2.05, 4.69) is 5.32 Å². The maximum Gasteiger partial charge on any atom is 0.342 e. The molecule has 0 saturated carbocycles. The van der Waals surface area contributed by atoms with E-state index in [-0.39, 0.29) is 11.3 Å². The molecule has 3 rings (SSSR count). The molecule has 0 spiro atoms. The van der Waals surface area contributed by atoms with Gasteiger partial charge >= 0.3 is 5.97 Å². The van der Waals surface area contributed by atoms with E-state index in [9.17, 15) is 9.90 Å². The summed E-state index contributed by atoms with van der Waals surface area (Å²) in [6, 6.07) is 14.3. The van der Waals surface area contributed by atoms with Crippen molar-refractivity contribution in [1.82, 2.24) is 5.32 Å². The summed E-state index contributed by atoms with van der Waals surface area (Å²) in [5, 5.41) is 13.4. The Balaban J connectivity index is 1.89. The van der Waals surface area contributed by atoms with Crippen molar-refractivity contribution in [1.29, 1.82) is 0 Å². The van der Waals surface area contributed by atoms with Gasteiger partial charge in [0.15, 0.2) is 0 Å². The monoisotopic (exact) mass is 327 g/mol. The van der Waals surface area contributed by atoms with Crippen LogP contribution in [-0.4, -0.2) is 31.3 Å². The molecule has 5 nitrogen and oxygen atoms in total. The van der Waals surface area contributed by atoms with E-state index in [1.165, 1.54) is 19.2 Å². The number of nitrogens with one attached hydrogen (secondary N) is 1. The Bertz CT molecular complexity index is 709. The zero-order chi connectivity index (χ0) is 17.0. The first-order chi connectivity index (χ1) is 11.6. The van der Waals surface area contributed by atoms with E-state index in [0.29, 0.717) is 18.6 Å². The molecule has 0 aromatic heterocycles. The lowest BCUT2D eigenvalue weighted by atomic mass is 9.84. The van der Waals surface area contributed by atoms with Crippen molar-refractivity contribution in [3.8, 4) is 11.5 Å². The second-order valence-corrected chi connectivity index (χ2v) is 5.88. The Hall–Kier alpha value is -2.53. The average Bonchev–Trinajstić information content (AvgIpc) is 2.63. The molecule has 5 heteroatoms. The second kappa shape index (κ2) is 6.93. The van der Waals surface area contributed by atoms with Crippen LogP contribution in [0.5, 0.6) is 11.5 Å². The Kier molecular flexibility index (Phi) is 4.71. The maximum absolute atomic E-state index is 12.7. The number of ether oxygens (including phenoxy) is 2. The minimum absolute atomic E-state index is 0.142. The van der Waals surface area contributed by atoms with Crippen LogP contribution in [0, 0.1) is 0 Å². The molecule has 0 unspecified atom stereocenters. The first-order valence-corrected chi connectivity index (χ1v) is 8.01. The number of methoxy groups -OCH3 is 1. The number of piperidine rings is 1. The molecule has 1 fully saturated rings. The van der Waals surface area contributed by atoms with Crippen molar-refractivity contribution in [2.45, 2.75) is 18.4 Å². The van der Waals surface area contributed by atoms with Crippen LogP contribution < -0.4 is 10.1 Å². The van der Waals surface area contributed by atoms with Gasteiger partial charge in [-0.25, -0.2) is 4.79 Å². The molecule has 2 aromatic carbocycles. The largest absolute Gasteiger partial charge is 0.507 e. The first-order valence-electron chi connectivity index (χ1n) is 8.01. The summed E-state index contributed by atoms with van der Waals surface area (Å²) in [5.41, 5.74) is 0.452. The highest BCUT2D eigenvalue weighted by Crippen LogP contribution is 2.36. The number of hydrogen-bond acceptors (Lipinski definition) is 5. The molecule has 2 aromatic rings. The molecular formula is C19H21NO4. The molecule has 0 atom stereocenters. The lowest BCUT2D eigenvalue weighted by Gasteiger charge is -2.37. The predicted molar refractivity (Wildman–Crippen MR) is 90.3 cm³/mol. The number of rotatable bonds is 4. The van der Waals surface area contributed by atoms with E-state index >= 15 is 0 Å². The summed E-state index contributed by atoms with van der Waals surface area (Å²) in [6.45, 7) is 1.55. The Morgan fingerprint density at radius 1 is 1.12 bits per heavy atom. The van der Waals surface area contributed by atoms with Gasteiger partial charge in [-0.3, -0.25) is 0 Å². The van der Waals surface area contributed by atoms with Gasteiger partial charge in [-0.1, -0.05) is 30.3 Å². The second-order valence-electron chi connectivity index (χ2n) is 5.88. The molecule has 0 radical (unpaired) electrons. The highest BCUT2D eigenvalue weighted by molar-refractivity contribution is 5.93. The van der Waals surface area contributed by atoms with Gasteiger partial charge in [-0.2, -0.15) is 0 Å². The van der Waals surface area contributed by atoms with Crippen molar-refractivity contribution < 1.29 is 19.4 Å². The van der Waals surface area contributed by atoms with Crippen LogP contribution in [-0.2, 0) is 10.3 Å². The number of hydrogen-bond donors (Lipinski definition) is 2. The van der Waals surface area contributed by atoms with Gasteiger partial charge in [0.2, 0.25) is 0 Å². The third-order valence-corrected chi connectivity index (χ3v) is 4.42. The molecule has 1 heterocycles. The summed E-state index contributed by atoms with van der Waals surface area (Å²) in [7, 11) is 1.51. The fourth-order valence-corrected chi connectivity index (χ4v) is 3.07. The topological polar surface area (TPSA) is 67.8 Å². The van der Waals surface area contributed by atoms with E-state index < -0.39 is 11.6 Å². The smallest absolute Gasteiger partial charge is 0.342 e. The van der Waals surface area contributed by atoms with Gasteiger partial charge < -0.3 is 19.9 Å². The van der Waals surface area contributed by atoms with Crippen LogP contribution in [0.4, 0.5) is 0 Å². The van der Waals surface area contributed by atoms with Crippen molar-refractivity contribution >= 4 is 5.97 Å². The summed E-state index contributed by atoms with van der Waals surface area (Å²) < 4.78 is 11.0. The van der Waals surface area contributed by atoms with Crippen LogP contribution in [0.25, 0.3) is 0 Å². The Morgan fingerprint density at radius 2 is 1.83 bits per heavy atom. The van der Waals surface area contributed by atoms with Gasteiger partial charge in [0.1, 0.15) is 22.7 Å². The number of benzene rings is 2. The predicted octanol–water partition coefficient (Wildman–Crippen LogP) is 2.84. The fourth-order valence-electron chi connectivity index (χ4n) is 3.07. The fraction of sp³-hybridized carbons (Fsp3) is 0.316. The quantitative estimate of drug-likeness (QED) is 0.845. The highest BCUT2D eigenvalue weighted by Gasteiger charge is 2.38. The molecule has 24 heavy (non-hydrogen) atoms. The van der Waals surface area contributed by atoms with E-state index in [4.69, 9.17) is 9.47 Å². The molecule has 1 aliphatic rings. The van der Waals surface area contributed by atoms with Gasteiger partial charge in [-0.05, 0) is 30.8 Å². The highest BCUT2D eigenvalue weighted by atomic mass is 16.6. The summed E-state index contributed by atoms with van der Waals surface area (Å²) in [6.07, 6.45) is 1.39. The Morgan fingerprint density at radius 3 is 2.46 bits per heavy atom. The maximum atomic E-state index is 12.7. The van der Waals surface area contributed by atoms with E-state index in [0.717, 1.165) is 18.7 Å². The minimum atomic E-state index is -0.671. The van der Waals surface area contributed by atoms with Crippen LogP contribution in [0.15, 0.2) is 48.5 Å². The molecule has 2 N–H and O–H groups in total. The number of carbonyl (C=O) groups is 1. The van der Waals surface area contributed by atoms with Gasteiger partial charge in [0, 0.05) is 18.9 Å². The molecular weight excluding hydrogens is 306 g/mol. The third kappa shape index (κ3) is 3.21. The van der Waals surface area contributed by atoms with Crippen molar-refractivity contribution in [2.75, 3.05) is 20.2 Å². The Labute approximate surface area is 141 Å². The summed E-state index contributed by atoms with van der Waals surface area (Å²) in [4.78, 5) is 12.7. The standard InChI is InChI=1S/C19H21NO4/c1-23-15-7-8-16(17(21)13-15)18(22)24-19(9-11-20-12-10-19)14-5-3-2-4-6-14/h2-8,13,20-21H,9-12H2,1H3. The number of phenolic OH excluding ortho intramolecular Hbond substituents is 1. The van der Waals surface area contributed by atoms with Crippen LogP contribution >= 0.6 is 0 Å². The van der Waals surface area contributed by atoms with Crippen LogP contribution in [0.1, 0.15) is 28.8 Å². The number of aromatic hydroxyl groups is 1. The van der Waals surface area contributed by atoms with E-state index in [1.54, 1.807) is 6.07 Å². The number of carbonyl (C=O) groups excluding carboxylic acids is 1. The van der Waals surface area contributed by atoms with Crippen LogP contribution in [0.3, 0.4) is 0 Å². The number of esters is 1. The lowest BCUT2D eigenvalue weighted by Crippen LogP contribution is -2.43. The molecule has 0 bridgehead atoms. The SMILES string of the molecule is COc1ccc(C(=O)OC2(c3ccccc3)CCNCC2)c(O)c1. The van der Waals surface area contributed by atoms with Gasteiger partial charge in [0.05, 0.1) is 7.11 Å². The van der Waals surface area contributed by atoms with Gasteiger partial charge in [-0.15, -0.1) is 0 Å². The summed E-state index contributed by atoms with van der Waals surface area (Å²) in [5.74, 6) is -0.180. The third-order valence-electron chi connectivity index (χ3n) is 4.42. The van der Waals surface area contributed by atoms with Gasteiger partial charge in [0.25, 0.3) is 0 Å². The molecule has 0 aliphatic carbocycles. The van der Waals surface area contributed by atoms with E-state index in [1.807, 2.05) is 30.3 Å². The number of phenols is 1. The van der Waals surface area contributed by atoms with Crippen molar-refractivity contribution in [3.63, 3.8) is 0 Å². The molecule has 0 amide bonds. The zero-order valence-corrected chi connectivity index (χ0v) is 13.6. The van der Waals surface area contributed by atoms with Crippen molar-refractivity contribution in [2.24, 2.45) is 0 Å². The zero-order valence-electron chi connectivity index (χ0n) is 13.6. The molecule has 1 saturated heterocycles. The normalized spacial score (nSPS) is 16.4. The lowest BCUT2D eigenvalue weighted by molar-refractivity contribution is -0.0380.